The third-order valence-electron chi connectivity index (χ3n) is 2.98. The van der Waals surface area contributed by atoms with Gasteiger partial charge in [-0.3, -0.25) is 4.79 Å². The quantitative estimate of drug-likeness (QED) is 0.895. The fourth-order valence-electron chi connectivity index (χ4n) is 2.14. The first-order chi connectivity index (χ1) is 9.44. The van der Waals surface area contributed by atoms with Crippen LogP contribution in [0.4, 0.5) is 18.9 Å². The Bertz CT molecular complexity index is 477. The molecule has 1 heterocycles. The van der Waals surface area contributed by atoms with Gasteiger partial charge >= 0.3 is 6.36 Å². The van der Waals surface area contributed by atoms with Gasteiger partial charge in [-0.25, -0.2) is 0 Å². The van der Waals surface area contributed by atoms with Crippen LogP contribution in [-0.2, 0) is 4.79 Å². The number of nitrogens with one attached hydrogen (secondary N) is 2. The minimum Gasteiger partial charge on any atom is -0.404 e. The Kier molecular flexibility index (Phi) is 6.29. The van der Waals surface area contributed by atoms with Crippen LogP contribution in [0.25, 0.3) is 0 Å². The molecule has 1 aliphatic heterocycles. The highest BCUT2D eigenvalue weighted by Gasteiger charge is 2.32. The standard InChI is InChI=1S/C13H15F3N2O2.ClH/c14-13(15,16)20-11-6-2-1-5-10(11)18-12(19)8-9-4-3-7-17-9;/h1-2,5-6,9,17H,3-4,7-8H2,(H,18,19);1H. The summed E-state index contributed by atoms with van der Waals surface area (Å²) in [6, 6.07) is 5.57. The van der Waals surface area contributed by atoms with Crippen LogP contribution >= 0.6 is 12.4 Å². The van der Waals surface area contributed by atoms with E-state index in [1.54, 1.807) is 0 Å². The van der Waals surface area contributed by atoms with Crippen molar-refractivity contribution in [2.45, 2.75) is 31.7 Å². The molecule has 1 unspecified atom stereocenters. The maximum atomic E-state index is 12.2. The average molecular weight is 325 g/mol. The number of alkyl halides is 3. The molecule has 1 atom stereocenters. The molecule has 1 aliphatic rings. The lowest BCUT2D eigenvalue weighted by molar-refractivity contribution is -0.274. The smallest absolute Gasteiger partial charge is 0.404 e. The monoisotopic (exact) mass is 324 g/mol. The maximum absolute atomic E-state index is 12.2. The molecule has 1 fully saturated rings. The largest absolute Gasteiger partial charge is 0.573 e. The van der Waals surface area contributed by atoms with Gasteiger partial charge in [0.05, 0.1) is 5.69 Å². The number of benzene rings is 1. The molecule has 0 radical (unpaired) electrons. The average Bonchev–Trinajstić information content (AvgIpc) is 2.82. The van der Waals surface area contributed by atoms with E-state index in [2.05, 4.69) is 15.4 Å². The lowest BCUT2D eigenvalue weighted by Gasteiger charge is -2.15. The number of anilines is 1. The van der Waals surface area contributed by atoms with Gasteiger partial charge in [-0.05, 0) is 31.5 Å². The minimum absolute atomic E-state index is 0. The third-order valence-corrected chi connectivity index (χ3v) is 2.98. The molecule has 0 saturated carbocycles. The number of carbonyl (C=O) groups excluding carboxylic acids is 1. The summed E-state index contributed by atoms with van der Waals surface area (Å²) >= 11 is 0. The van der Waals surface area contributed by atoms with E-state index in [9.17, 15) is 18.0 Å². The first kappa shape index (κ1) is 17.6. The second-order valence-electron chi connectivity index (χ2n) is 4.59. The van der Waals surface area contributed by atoms with Crippen LogP contribution in [0.5, 0.6) is 5.75 Å². The van der Waals surface area contributed by atoms with Crippen LogP contribution in [-0.4, -0.2) is 24.9 Å². The van der Waals surface area contributed by atoms with Crippen molar-refractivity contribution < 1.29 is 22.7 Å². The van der Waals surface area contributed by atoms with E-state index in [1.807, 2.05) is 0 Å². The molecule has 1 aromatic carbocycles. The molecule has 118 valence electrons. The number of para-hydroxylation sites is 2. The number of halogens is 4. The highest BCUT2D eigenvalue weighted by Crippen LogP contribution is 2.30. The Labute approximate surface area is 126 Å². The van der Waals surface area contributed by atoms with Crippen molar-refractivity contribution in [2.24, 2.45) is 0 Å². The van der Waals surface area contributed by atoms with E-state index in [0.29, 0.717) is 0 Å². The van der Waals surface area contributed by atoms with Crippen LogP contribution in [0, 0.1) is 0 Å². The molecule has 2 rings (SSSR count). The Morgan fingerprint density at radius 1 is 1.38 bits per heavy atom. The number of carbonyl (C=O) groups is 1. The molecule has 0 aliphatic carbocycles. The zero-order valence-corrected chi connectivity index (χ0v) is 11.9. The number of hydrogen-bond acceptors (Lipinski definition) is 3. The lowest BCUT2D eigenvalue weighted by Crippen LogP contribution is -2.27. The van der Waals surface area contributed by atoms with Gasteiger partial charge in [0.25, 0.3) is 0 Å². The number of rotatable bonds is 4. The van der Waals surface area contributed by atoms with Gasteiger partial charge in [-0.15, -0.1) is 25.6 Å². The summed E-state index contributed by atoms with van der Waals surface area (Å²) in [5, 5.41) is 5.61. The summed E-state index contributed by atoms with van der Waals surface area (Å²) in [7, 11) is 0. The van der Waals surface area contributed by atoms with Gasteiger partial charge < -0.3 is 15.4 Å². The van der Waals surface area contributed by atoms with Gasteiger partial charge in [-0.1, -0.05) is 12.1 Å². The van der Waals surface area contributed by atoms with Crippen LogP contribution in [0.1, 0.15) is 19.3 Å². The van der Waals surface area contributed by atoms with E-state index in [4.69, 9.17) is 0 Å². The van der Waals surface area contributed by atoms with Crippen molar-refractivity contribution in [2.75, 3.05) is 11.9 Å². The minimum atomic E-state index is -4.78. The second kappa shape index (κ2) is 7.51. The van der Waals surface area contributed by atoms with Crippen LogP contribution in [0.3, 0.4) is 0 Å². The number of ether oxygens (including phenoxy) is 1. The topological polar surface area (TPSA) is 50.4 Å². The Morgan fingerprint density at radius 2 is 2.10 bits per heavy atom. The van der Waals surface area contributed by atoms with Gasteiger partial charge in [0.15, 0.2) is 5.75 Å². The van der Waals surface area contributed by atoms with E-state index < -0.39 is 12.1 Å². The zero-order valence-electron chi connectivity index (χ0n) is 11.1. The molecule has 0 aromatic heterocycles. The van der Waals surface area contributed by atoms with E-state index in [1.165, 1.54) is 18.2 Å². The van der Waals surface area contributed by atoms with Crippen LogP contribution in [0.2, 0.25) is 0 Å². The third kappa shape index (κ3) is 5.81. The normalized spacial score (nSPS) is 18.0. The van der Waals surface area contributed by atoms with E-state index in [-0.39, 0.29) is 36.5 Å². The van der Waals surface area contributed by atoms with Gasteiger partial charge in [0.2, 0.25) is 5.91 Å². The maximum Gasteiger partial charge on any atom is 0.573 e. The van der Waals surface area contributed by atoms with Crippen molar-refractivity contribution in [1.29, 1.82) is 0 Å². The number of amides is 1. The highest BCUT2D eigenvalue weighted by molar-refractivity contribution is 5.92. The Morgan fingerprint density at radius 3 is 2.71 bits per heavy atom. The predicted molar refractivity (Wildman–Crippen MR) is 74.6 cm³/mol. The fraction of sp³-hybridized carbons (Fsp3) is 0.462. The van der Waals surface area contributed by atoms with E-state index in [0.717, 1.165) is 25.5 Å². The lowest BCUT2D eigenvalue weighted by atomic mass is 10.1. The molecule has 0 bridgehead atoms. The predicted octanol–water partition coefficient (Wildman–Crippen LogP) is 3.09. The summed E-state index contributed by atoms with van der Waals surface area (Å²) in [5.74, 6) is -0.740. The molecule has 8 heteroatoms. The molecule has 1 saturated heterocycles. The Balaban J connectivity index is 0.00000220. The SMILES string of the molecule is Cl.O=C(CC1CCCN1)Nc1ccccc1OC(F)(F)F. The molecule has 1 amide bonds. The van der Waals surface area contributed by atoms with Gasteiger partial charge in [-0.2, -0.15) is 0 Å². The van der Waals surface area contributed by atoms with Gasteiger partial charge in [0.1, 0.15) is 0 Å². The second-order valence-corrected chi connectivity index (χ2v) is 4.59. The zero-order chi connectivity index (χ0) is 14.6. The highest BCUT2D eigenvalue weighted by atomic mass is 35.5. The summed E-state index contributed by atoms with van der Waals surface area (Å²) in [6.45, 7) is 0.867. The molecular weight excluding hydrogens is 309 g/mol. The molecule has 4 nitrogen and oxygen atoms in total. The summed E-state index contributed by atoms with van der Waals surface area (Å²) in [5.41, 5.74) is 0.0211. The Hall–Kier alpha value is -1.47. The van der Waals surface area contributed by atoms with E-state index >= 15 is 0 Å². The molecular formula is C13H16ClF3N2O2. The summed E-state index contributed by atoms with van der Waals surface area (Å²) < 4.78 is 40.6. The fourth-order valence-corrected chi connectivity index (χ4v) is 2.14. The first-order valence-electron chi connectivity index (χ1n) is 6.32. The van der Waals surface area contributed by atoms with Crippen molar-refractivity contribution >= 4 is 24.0 Å². The molecule has 2 N–H and O–H groups in total. The van der Waals surface area contributed by atoms with Crippen molar-refractivity contribution in [1.82, 2.24) is 5.32 Å². The van der Waals surface area contributed by atoms with Crippen molar-refractivity contribution in [3.05, 3.63) is 24.3 Å². The van der Waals surface area contributed by atoms with Crippen LogP contribution < -0.4 is 15.4 Å². The van der Waals surface area contributed by atoms with Crippen molar-refractivity contribution in [3.8, 4) is 5.75 Å². The number of hydrogen-bond donors (Lipinski definition) is 2. The summed E-state index contributed by atoms with van der Waals surface area (Å²) in [6.07, 6.45) is -2.64. The first-order valence-corrected chi connectivity index (χ1v) is 6.32. The van der Waals surface area contributed by atoms with Crippen LogP contribution in [0.15, 0.2) is 24.3 Å². The summed E-state index contributed by atoms with van der Waals surface area (Å²) in [4.78, 5) is 11.8. The van der Waals surface area contributed by atoms with Crippen molar-refractivity contribution in [3.63, 3.8) is 0 Å². The van der Waals surface area contributed by atoms with Gasteiger partial charge in [0, 0.05) is 12.5 Å². The molecule has 1 aromatic rings. The molecule has 0 spiro atoms. The molecule has 21 heavy (non-hydrogen) atoms.